The molecule has 0 aliphatic carbocycles. The van der Waals surface area contributed by atoms with Crippen LogP contribution in [0.15, 0.2) is 40.9 Å². The molecule has 1 aromatic carbocycles. The van der Waals surface area contributed by atoms with Gasteiger partial charge in [-0.25, -0.2) is 9.78 Å². The standard InChI is InChI=1S/C15H15NO4S2/c1-19-8-11(14(17)18)13-12(16-15(21-2)22-13)9-20-10-6-4-3-5-7-10/h3-8H,9H2,1-2H3,(H,17,18)/b11-8+. The van der Waals surface area contributed by atoms with Gasteiger partial charge in [0.1, 0.15) is 17.9 Å². The molecule has 116 valence electrons. The minimum Gasteiger partial charge on any atom is -0.503 e. The van der Waals surface area contributed by atoms with Gasteiger partial charge in [-0.1, -0.05) is 30.0 Å². The maximum atomic E-state index is 11.4. The van der Waals surface area contributed by atoms with Gasteiger partial charge < -0.3 is 14.6 Å². The summed E-state index contributed by atoms with van der Waals surface area (Å²) in [5, 5.41) is 9.33. The predicted molar refractivity (Wildman–Crippen MR) is 87.3 cm³/mol. The third-order valence-corrected chi connectivity index (χ3v) is 4.80. The number of nitrogens with zero attached hydrogens (tertiary/aromatic N) is 1. The maximum absolute atomic E-state index is 11.4. The van der Waals surface area contributed by atoms with Gasteiger partial charge in [-0.05, 0) is 18.4 Å². The van der Waals surface area contributed by atoms with Crippen molar-refractivity contribution < 1.29 is 19.4 Å². The molecule has 1 aromatic heterocycles. The van der Waals surface area contributed by atoms with Gasteiger partial charge in [-0.2, -0.15) is 0 Å². The highest BCUT2D eigenvalue weighted by Crippen LogP contribution is 2.32. The molecule has 0 saturated carbocycles. The van der Waals surface area contributed by atoms with Crippen LogP contribution in [0.4, 0.5) is 0 Å². The lowest BCUT2D eigenvalue weighted by molar-refractivity contribution is -0.130. The fraction of sp³-hybridized carbons (Fsp3) is 0.200. The number of hydrogen-bond acceptors (Lipinski definition) is 6. The van der Waals surface area contributed by atoms with Crippen LogP contribution < -0.4 is 4.74 Å². The summed E-state index contributed by atoms with van der Waals surface area (Å²) in [6, 6.07) is 9.32. The molecule has 0 radical (unpaired) electrons. The average molecular weight is 337 g/mol. The van der Waals surface area contributed by atoms with Crippen LogP contribution in [-0.2, 0) is 16.1 Å². The molecular weight excluding hydrogens is 322 g/mol. The van der Waals surface area contributed by atoms with Crippen LogP contribution in [0.25, 0.3) is 5.57 Å². The van der Waals surface area contributed by atoms with Crippen molar-refractivity contribution in [1.82, 2.24) is 4.98 Å². The van der Waals surface area contributed by atoms with Crippen molar-refractivity contribution in [3.8, 4) is 5.75 Å². The van der Waals surface area contributed by atoms with Crippen LogP contribution in [0, 0.1) is 0 Å². The Labute approximate surface area is 136 Å². The van der Waals surface area contributed by atoms with Crippen LogP contribution in [0.2, 0.25) is 0 Å². The number of para-hydroxylation sites is 1. The smallest absolute Gasteiger partial charge is 0.340 e. The average Bonchev–Trinajstić information content (AvgIpc) is 2.94. The van der Waals surface area contributed by atoms with Crippen molar-refractivity contribution in [3.63, 3.8) is 0 Å². The SMILES string of the molecule is CO/C=C(/C(=O)O)c1sc(SC)nc1COc1ccccc1. The Bertz CT molecular complexity index is 667. The van der Waals surface area contributed by atoms with Crippen LogP contribution in [-0.4, -0.2) is 29.4 Å². The van der Waals surface area contributed by atoms with E-state index in [9.17, 15) is 9.90 Å². The van der Waals surface area contributed by atoms with E-state index in [-0.39, 0.29) is 12.2 Å². The predicted octanol–water partition coefficient (Wildman–Crippen LogP) is 3.52. The zero-order valence-electron chi connectivity index (χ0n) is 12.1. The molecule has 0 aliphatic rings. The number of carbonyl (C=O) groups is 1. The maximum Gasteiger partial charge on any atom is 0.340 e. The number of hydrogen-bond donors (Lipinski definition) is 1. The van der Waals surface area contributed by atoms with Gasteiger partial charge in [0.2, 0.25) is 0 Å². The first-order chi connectivity index (χ1) is 10.7. The lowest BCUT2D eigenvalue weighted by Gasteiger charge is -2.06. The van der Waals surface area contributed by atoms with E-state index in [1.807, 2.05) is 36.6 Å². The molecule has 1 heterocycles. The summed E-state index contributed by atoms with van der Waals surface area (Å²) in [6.45, 7) is 0.199. The number of carboxylic acid groups (broad SMARTS) is 1. The van der Waals surface area contributed by atoms with Crippen LogP contribution >= 0.6 is 23.1 Å². The molecule has 0 aliphatic heterocycles. The number of rotatable bonds is 7. The summed E-state index contributed by atoms with van der Waals surface area (Å²) in [7, 11) is 1.42. The van der Waals surface area contributed by atoms with Crippen LogP contribution in [0.3, 0.4) is 0 Å². The van der Waals surface area contributed by atoms with Crippen molar-refractivity contribution in [2.24, 2.45) is 0 Å². The molecule has 0 atom stereocenters. The Morgan fingerprint density at radius 2 is 2.14 bits per heavy atom. The molecule has 0 unspecified atom stereocenters. The van der Waals surface area contributed by atoms with Gasteiger partial charge in [0.25, 0.3) is 0 Å². The Balaban J connectivity index is 2.28. The number of benzene rings is 1. The topological polar surface area (TPSA) is 68.7 Å². The molecule has 7 heteroatoms. The number of thioether (sulfide) groups is 1. The third-order valence-electron chi connectivity index (χ3n) is 2.68. The first-order valence-corrected chi connectivity index (χ1v) is 8.38. The molecule has 0 saturated heterocycles. The monoisotopic (exact) mass is 337 g/mol. The van der Waals surface area contributed by atoms with Gasteiger partial charge in [0.05, 0.1) is 23.9 Å². The summed E-state index contributed by atoms with van der Waals surface area (Å²) >= 11 is 2.78. The van der Waals surface area contributed by atoms with E-state index >= 15 is 0 Å². The van der Waals surface area contributed by atoms with E-state index in [2.05, 4.69) is 4.98 Å². The lowest BCUT2D eigenvalue weighted by Crippen LogP contribution is -2.04. The number of thiazole rings is 1. The number of methoxy groups -OCH3 is 1. The molecule has 5 nitrogen and oxygen atoms in total. The van der Waals surface area contributed by atoms with Gasteiger partial charge in [-0.3, -0.25) is 0 Å². The largest absolute Gasteiger partial charge is 0.503 e. The molecule has 0 amide bonds. The number of carboxylic acids is 1. The fourth-order valence-corrected chi connectivity index (χ4v) is 3.30. The second kappa shape index (κ2) is 7.86. The number of aliphatic carboxylic acids is 1. The van der Waals surface area contributed by atoms with Gasteiger partial charge >= 0.3 is 5.97 Å². The first-order valence-electron chi connectivity index (χ1n) is 6.34. The van der Waals surface area contributed by atoms with Crippen LogP contribution in [0.1, 0.15) is 10.6 Å². The first kappa shape index (κ1) is 16.4. The van der Waals surface area contributed by atoms with Crippen molar-refractivity contribution in [1.29, 1.82) is 0 Å². The Kier molecular flexibility index (Phi) is 5.85. The summed E-state index contributed by atoms with van der Waals surface area (Å²) < 4.78 is 11.3. The van der Waals surface area contributed by atoms with Gasteiger partial charge in [0.15, 0.2) is 4.34 Å². The second-order valence-corrected chi connectivity index (χ2v) is 6.19. The number of ether oxygens (including phenoxy) is 2. The Hall–Kier alpha value is -1.99. The van der Waals surface area contributed by atoms with E-state index < -0.39 is 5.97 Å². The van der Waals surface area contributed by atoms with Crippen LogP contribution in [0.5, 0.6) is 5.75 Å². The lowest BCUT2D eigenvalue weighted by atomic mass is 10.2. The highest BCUT2D eigenvalue weighted by atomic mass is 32.2. The van der Waals surface area contributed by atoms with Crippen molar-refractivity contribution in [3.05, 3.63) is 47.2 Å². The fourth-order valence-electron chi connectivity index (χ4n) is 1.71. The minimum absolute atomic E-state index is 0.0759. The third kappa shape index (κ3) is 4.02. The molecular formula is C15H15NO4S2. The molecule has 2 aromatic rings. The molecule has 0 bridgehead atoms. The Morgan fingerprint density at radius 3 is 2.73 bits per heavy atom. The zero-order valence-corrected chi connectivity index (χ0v) is 13.7. The van der Waals surface area contributed by atoms with E-state index in [0.29, 0.717) is 16.3 Å². The van der Waals surface area contributed by atoms with Crippen molar-refractivity contribution in [2.75, 3.05) is 13.4 Å². The normalized spacial score (nSPS) is 11.3. The summed E-state index contributed by atoms with van der Waals surface area (Å²) in [5.41, 5.74) is 0.663. The second-order valence-electron chi connectivity index (χ2n) is 4.13. The van der Waals surface area contributed by atoms with E-state index in [4.69, 9.17) is 9.47 Å². The molecule has 1 N–H and O–H groups in total. The van der Waals surface area contributed by atoms with Gasteiger partial charge in [-0.15, -0.1) is 11.3 Å². The minimum atomic E-state index is -1.06. The number of aromatic nitrogens is 1. The molecule has 22 heavy (non-hydrogen) atoms. The highest BCUT2D eigenvalue weighted by Gasteiger charge is 2.21. The van der Waals surface area contributed by atoms with Crippen molar-refractivity contribution in [2.45, 2.75) is 10.9 Å². The van der Waals surface area contributed by atoms with Crippen molar-refractivity contribution >= 4 is 34.6 Å². The highest BCUT2D eigenvalue weighted by molar-refractivity contribution is 8.00. The molecule has 0 spiro atoms. The van der Waals surface area contributed by atoms with E-state index in [1.54, 1.807) is 0 Å². The molecule has 2 rings (SSSR count). The summed E-state index contributed by atoms with van der Waals surface area (Å²) in [5.74, 6) is -0.348. The zero-order chi connectivity index (χ0) is 15.9. The summed E-state index contributed by atoms with van der Waals surface area (Å²) in [4.78, 5) is 16.4. The molecule has 0 fully saturated rings. The Morgan fingerprint density at radius 1 is 1.41 bits per heavy atom. The summed E-state index contributed by atoms with van der Waals surface area (Å²) in [6.07, 6.45) is 3.11. The quantitative estimate of drug-likeness (QED) is 0.474. The van der Waals surface area contributed by atoms with E-state index in [1.165, 1.54) is 36.5 Å². The van der Waals surface area contributed by atoms with E-state index in [0.717, 1.165) is 4.34 Å². The van der Waals surface area contributed by atoms with Gasteiger partial charge in [0, 0.05) is 0 Å².